The summed E-state index contributed by atoms with van der Waals surface area (Å²) in [7, 11) is 0. The summed E-state index contributed by atoms with van der Waals surface area (Å²) in [6.45, 7) is 1.21. The average molecular weight is 249 g/mol. The van der Waals surface area contributed by atoms with E-state index in [9.17, 15) is 4.79 Å². The molecule has 0 unspecified atom stereocenters. The molecule has 0 atom stereocenters. The van der Waals surface area contributed by atoms with Crippen LogP contribution >= 0.6 is 0 Å². The van der Waals surface area contributed by atoms with Gasteiger partial charge in [0.15, 0.2) is 0 Å². The third kappa shape index (κ3) is 4.30. The van der Waals surface area contributed by atoms with Gasteiger partial charge in [0.2, 0.25) is 5.91 Å². The van der Waals surface area contributed by atoms with Crippen LogP contribution in [0.25, 0.3) is 0 Å². The first kappa shape index (κ1) is 13.4. The quantitative estimate of drug-likeness (QED) is 0.781. The predicted molar refractivity (Wildman–Crippen MR) is 69.8 cm³/mol. The minimum Gasteiger partial charge on any atom is -0.352 e. The molecule has 0 aliphatic heterocycles. The largest absolute Gasteiger partial charge is 0.352 e. The zero-order chi connectivity index (χ0) is 12.8. The van der Waals surface area contributed by atoms with E-state index < -0.39 is 0 Å². The monoisotopic (exact) mass is 249 g/mol. The summed E-state index contributed by atoms with van der Waals surface area (Å²) in [5, 5.41) is 11.8. The van der Waals surface area contributed by atoms with E-state index in [-0.39, 0.29) is 5.91 Å². The molecule has 1 amide bonds. The van der Waals surface area contributed by atoms with Crippen LogP contribution in [-0.2, 0) is 4.79 Å². The van der Waals surface area contributed by atoms with Gasteiger partial charge >= 0.3 is 0 Å². The molecule has 0 radical (unpaired) electrons. The van der Waals surface area contributed by atoms with Crippen LogP contribution in [0.2, 0.25) is 0 Å². The van der Waals surface area contributed by atoms with Crippen molar-refractivity contribution < 1.29 is 4.79 Å². The van der Waals surface area contributed by atoms with Gasteiger partial charge < -0.3 is 5.32 Å². The minimum absolute atomic E-state index is 0.145. The van der Waals surface area contributed by atoms with E-state index in [4.69, 9.17) is 5.26 Å². The van der Waals surface area contributed by atoms with Gasteiger partial charge in [-0.3, -0.25) is 9.69 Å². The predicted octanol–water partition coefficient (Wildman–Crippen LogP) is 1.81. The maximum Gasteiger partial charge on any atom is 0.234 e. The fourth-order valence-corrected chi connectivity index (χ4v) is 2.73. The van der Waals surface area contributed by atoms with Crippen molar-refractivity contribution in [3.63, 3.8) is 0 Å². The third-order valence-corrected chi connectivity index (χ3v) is 3.89. The Morgan fingerprint density at radius 1 is 1.22 bits per heavy atom. The van der Waals surface area contributed by atoms with Crippen molar-refractivity contribution in [1.29, 1.82) is 5.26 Å². The molecule has 0 heterocycles. The molecular weight excluding hydrogens is 226 g/mol. The van der Waals surface area contributed by atoms with Gasteiger partial charge in [0, 0.05) is 25.0 Å². The number of amides is 1. The van der Waals surface area contributed by atoms with E-state index in [1.54, 1.807) is 0 Å². The maximum atomic E-state index is 12.0. The SMILES string of the molecule is N#CCCN(CC(=O)NC1CCCCC1)C1CC1. The Morgan fingerprint density at radius 3 is 2.56 bits per heavy atom. The molecule has 1 N–H and O–H groups in total. The lowest BCUT2D eigenvalue weighted by atomic mass is 9.95. The summed E-state index contributed by atoms with van der Waals surface area (Å²) in [5.41, 5.74) is 0. The number of nitriles is 1. The Morgan fingerprint density at radius 2 is 1.94 bits per heavy atom. The summed E-state index contributed by atoms with van der Waals surface area (Å²) in [6, 6.07) is 3.11. The number of hydrogen-bond acceptors (Lipinski definition) is 3. The van der Waals surface area contributed by atoms with Crippen molar-refractivity contribution in [2.45, 2.75) is 63.5 Å². The molecule has 0 aromatic rings. The van der Waals surface area contributed by atoms with E-state index in [1.165, 1.54) is 32.1 Å². The molecule has 0 aromatic carbocycles. The highest BCUT2D eigenvalue weighted by Gasteiger charge is 2.30. The molecule has 100 valence electrons. The number of nitrogens with one attached hydrogen (secondary N) is 1. The summed E-state index contributed by atoms with van der Waals surface area (Å²) in [4.78, 5) is 14.1. The second kappa shape index (κ2) is 6.75. The Balaban J connectivity index is 1.72. The summed E-state index contributed by atoms with van der Waals surface area (Å²) in [5.74, 6) is 0.145. The summed E-state index contributed by atoms with van der Waals surface area (Å²) < 4.78 is 0. The van der Waals surface area contributed by atoms with Crippen LogP contribution in [0.15, 0.2) is 0 Å². The molecule has 2 saturated carbocycles. The number of carbonyl (C=O) groups excluding carboxylic acids is 1. The normalized spacial score (nSPS) is 20.7. The second-order valence-electron chi connectivity index (χ2n) is 5.51. The minimum atomic E-state index is 0.145. The molecule has 0 spiro atoms. The first-order valence-electron chi connectivity index (χ1n) is 7.20. The smallest absolute Gasteiger partial charge is 0.234 e. The van der Waals surface area contributed by atoms with Gasteiger partial charge in [0.1, 0.15) is 0 Å². The van der Waals surface area contributed by atoms with Crippen LogP contribution in [0.3, 0.4) is 0 Å². The first-order chi connectivity index (χ1) is 8.79. The second-order valence-corrected chi connectivity index (χ2v) is 5.51. The van der Waals surface area contributed by atoms with Crippen LogP contribution in [-0.4, -0.2) is 36.0 Å². The molecule has 18 heavy (non-hydrogen) atoms. The maximum absolute atomic E-state index is 12.0. The Hall–Kier alpha value is -1.08. The van der Waals surface area contributed by atoms with Crippen molar-refractivity contribution in [3.8, 4) is 6.07 Å². The van der Waals surface area contributed by atoms with Gasteiger partial charge in [-0.2, -0.15) is 5.26 Å². The van der Waals surface area contributed by atoms with Gasteiger partial charge in [0.25, 0.3) is 0 Å². The standard InChI is InChI=1S/C14H23N3O/c15-9-4-10-17(13-7-8-13)11-14(18)16-12-5-2-1-3-6-12/h12-13H,1-8,10-11H2,(H,16,18). The van der Waals surface area contributed by atoms with Crippen molar-refractivity contribution in [1.82, 2.24) is 10.2 Å². The Bertz CT molecular complexity index is 313. The Kier molecular flexibility index (Phi) is 5.00. The fourth-order valence-electron chi connectivity index (χ4n) is 2.73. The summed E-state index contributed by atoms with van der Waals surface area (Å²) in [6.07, 6.45) is 8.94. The lowest BCUT2D eigenvalue weighted by Crippen LogP contribution is -2.43. The molecule has 0 aromatic heterocycles. The van der Waals surface area contributed by atoms with E-state index in [0.717, 1.165) is 19.4 Å². The van der Waals surface area contributed by atoms with Gasteiger partial charge in [-0.25, -0.2) is 0 Å². The molecule has 4 nitrogen and oxygen atoms in total. The highest BCUT2D eigenvalue weighted by atomic mass is 16.2. The van der Waals surface area contributed by atoms with Crippen LogP contribution in [0, 0.1) is 11.3 Å². The van der Waals surface area contributed by atoms with Gasteiger partial charge in [0.05, 0.1) is 12.6 Å². The zero-order valence-corrected chi connectivity index (χ0v) is 11.0. The average Bonchev–Trinajstić information content (AvgIpc) is 3.20. The lowest BCUT2D eigenvalue weighted by molar-refractivity contribution is -0.123. The summed E-state index contributed by atoms with van der Waals surface area (Å²) >= 11 is 0. The van der Waals surface area contributed by atoms with E-state index >= 15 is 0 Å². The molecule has 2 aliphatic rings. The fraction of sp³-hybridized carbons (Fsp3) is 0.857. The molecule has 2 aliphatic carbocycles. The first-order valence-corrected chi connectivity index (χ1v) is 7.20. The zero-order valence-electron chi connectivity index (χ0n) is 11.0. The van der Waals surface area contributed by atoms with Crippen LogP contribution < -0.4 is 5.32 Å². The van der Waals surface area contributed by atoms with Crippen molar-refractivity contribution >= 4 is 5.91 Å². The van der Waals surface area contributed by atoms with Crippen molar-refractivity contribution in [2.24, 2.45) is 0 Å². The van der Waals surface area contributed by atoms with Crippen molar-refractivity contribution in [2.75, 3.05) is 13.1 Å². The molecule has 4 heteroatoms. The van der Waals surface area contributed by atoms with E-state index in [0.29, 0.717) is 25.0 Å². The number of rotatable bonds is 6. The number of nitrogens with zero attached hydrogens (tertiary/aromatic N) is 2. The van der Waals surface area contributed by atoms with Crippen LogP contribution in [0.5, 0.6) is 0 Å². The van der Waals surface area contributed by atoms with E-state index in [2.05, 4.69) is 16.3 Å². The lowest BCUT2D eigenvalue weighted by Gasteiger charge is -2.25. The van der Waals surface area contributed by atoms with Crippen LogP contribution in [0.1, 0.15) is 51.4 Å². The molecule has 0 saturated heterocycles. The highest BCUT2D eigenvalue weighted by molar-refractivity contribution is 5.78. The van der Waals surface area contributed by atoms with Gasteiger partial charge in [-0.1, -0.05) is 19.3 Å². The van der Waals surface area contributed by atoms with Gasteiger partial charge in [-0.15, -0.1) is 0 Å². The molecular formula is C14H23N3O. The third-order valence-electron chi connectivity index (χ3n) is 3.89. The molecule has 0 bridgehead atoms. The van der Waals surface area contributed by atoms with E-state index in [1.807, 2.05) is 0 Å². The molecule has 2 rings (SSSR count). The topological polar surface area (TPSA) is 56.1 Å². The number of hydrogen-bond donors (Lipinski definition) is 1. The molecule has 2 fully saturated rings. The number of carbonyl (C=O) groups is 1. The Labute approximate surface area is 109 Å². The van der Waals surface area contributed by atoms with Crippen molar-refractivity contribution in [3.05, 3.63) is 0 Å². The van der Waals surface area contributed by atoms with Crippen LogP contribution in [0.4, 0.5) is 0 Å². The highest BCUT2D eigenvalue weighted by Crippen LogP contribution is 2.26. The van der Waals surface area contributed by atoms with Gasteiger partial charge in [-0.05, 0) is 25.7 Å².